The highest BCUT2D eigenvalue weighted by Crippen LogP contribution is 2.09. The van der Waals surface area contributed by atoms with Crippen LogP contribution in [0.1, 0.15) is 12.0 Å². The van der Waals surface area contributed by atoms with E-state index in [0.717, 1.165) is 6.42 Å². The molecule has 1 fully saturated rings. The fourth-order valence-corrected chi connectivity index (χ4v) is 2.35. The van der Waals surface area contributed by atoms with Gasteiger partial charge in [-0.2, -0.15) is 0 Å². The summed E-state index contributed by atoms with van der Waals surface area (Å²) in [4.78, 5) is 26.4. The van der Waals surface area contributed by atoms with Crippen LogP contribution < -0.4 is 0 Å². The lowest BCUT2D eigenvalue weighted by molar-refractivity contribution is -0.132. The number of carbonyl (C=O) groups is 2. The molecule has 0 spiro atoms. The first kappa shape index (κ1) is 13.9. The van der Waals surface area contributed by atoms with E-state index in [0.29, 0.717) is 32.6 Å². The van der Waals surface area contributed by atoms with E-state index in [1.807, 2.05) is 30.3 Å². The molecule has 0 aromatic heterocycles. The summed E-state index contributed by atoms with van der Waals surface area (Å²) in [5, 5.41) is -0.434. The summed E-state index contributed by atoms with van der Waals surface area (Å²) in [5.74, 6) is 0.144. The Morgan fingerprint density at radius 2 is 1.58 bits per heavy atom. The lowest BCUT2D eigenvalue weighted by Gasteiger charge is -2.33. The summed E-state index contributed by atoms with van der Waals surface area (Å²) in [6.45, 7) is 2.21. The molecule has 1 aliphatic heterocycles. The van der Waals surface area contributed by atoms with E-state index in [1.54, 1.807) is 9.80 Å². The average Bonchev–Trinajstić information content (AvgIpc) is 2.46. The molecular weight excluding hydrogens is 264 g/mol. The van der Waals surface area contributed by atoms with Gasteiger partial charge in [0.2, 0.25) is 5.91 Å². The molecule has 0 saturated carbocycles. The number of halogens is 1. The van der Waals surface area contributed by atoms with Crippen molar-refractivity contribution < 1.29 is 9.59 Å². The van der Waals surface area contributed by atoms with Gasteiger partial charge in [0.15, 0.2) is 0 Å². The second-order valence-electron chi connectivity index (χ2n) is 4.61. The first-order valence-electron chi connectivity index (χ1n) is 6.43. The SMILES string of the molecule is O=C(Cl)N1CCN(C(=O)CCc2ccccc2)CC1. The van der Waals surface area contributed by atoms with Gasteiger partial charge in [0.25, 0.3) is 0 Å². The maximum Gasteiger partial charge on any atom is 0.316 e. The molecule has 1 aromatic rings. The lowest BCUT2D eigenvalue weighted by atomic mass is 10.1. The molecule has 0 unspecified atom stereocenters. The molecule has 0 aliphatic carbocycles. The van der Waals surface area contributed by atoms with E-state index < -0.39 is 5.37 Å². The van der Waals surface area contributed by atoms with Gasteiger partial charge in [-0.15, -0.1) is 0 Å². The molecule has 1 saturated heterocycles. The van der Waals surface area contributed by atoms with Crippen LogP contribution in [0.25, 0.3) is 0 Å². The maximum absolute atomic E-state index is 12.0. The predicted octanol–water partition coefficient (Wildman–Crippen LogP) is 2.12. The number of rotatable bonds is 3. The molecule has 0 radical (unpaired) electrons. The molecule has 102 valence electrons. The Morgan fingerprint density at radius 3 is 2.16 bits per heavy atom. The smallest absolute Gasteiger partial charge is 0.316 e. The molecule has 2 rings (SSSR count). The molecule has 0 N–H and O–H groups in total. The van der Waals surface area contributed by atoms with Gasteiger partial charge in [-0.3, -0.25) is 9.59 Å². The van der Waals surface area contributed by atoms with Crippen molar-refractivity contribution in [3.8, 4) is 0 Å². The van der Waals surface area contributed by atoms with Crippen LogP contribution in [0.5, 0.6) is 0 Å². The molecule has 0 bridgehead atoms. The number of hydrogen-bond donors (Lipinski definition) is 0. The standard InChI is InChI=1S/C14H17ClN2O2/c15-14(19)17-10-8-16(9-11-17)13(18)7-6-12-4-2-1-3-5-12/h1-5H,6-11H2. The van der Waals surface area contributed by atoms with Gasteiger partial charge in [0.1, 0.15) is 0 Å². The molecule has 2 amide bonds. The van der Waals surface area contributed by atoms with E-state index in [4.69, 9.17) is 11.6 Å². The van der Waals surface area contributed by atoms with Gasteiger partial charge in [-0.05, 0) is 23.6 Å². The maximum atomic E-state index is 12.0. The third-order valence-corrected chi connectivity index (χ3v) is 3.59. The van der Waals surface area contributed by atoms with E-state index in [-0.39, 0.29) is 5.91 Å². The van der Waals surface area contributed by atoms with Crippen molar-refractivity contribution in [1.29, 1.82) is 0 Å². The largest absolute Gasteiger partial charge is 0.339 e. The van der Waals surface area contributed by atoms with Gasteiger partial charge in [-0.25, -0.2) is 0 Å². The zero-order valence-electron chi connectivity index (χ0n) is 10.7. The number of piperazine rings is 1. The normalized spacial score (nSPS) is 15.4. The highest BCUT2D eigenvalue weighted by molar-refractivity contribution is 6.62. The minimum atomic E-state index is -0.434. The molecular formula is C14H17ClN2O2. The van der Waals surface area contributed by atoms with Crippen molar-refractivity contribution in [3.63, 3.8) is 0 Å². The first-order valence-corrected chi connectivity index (χ1v) is 6.81. The predicted molar refractivity (Wildman–Crippen MR) is 74.2 cm³/mol. The topological polar surface area (TPSA) is 40.6 Å². The summed E-state index contributed by atoms with van der Waals surface area (Å²) >= 11 is 5.41. The van der Waals surface area contributed by atoms with E-state index >= 15 is 0 Å². The minimum Gasteiger partial charge on any atom is -0.339 e. The highest BCUT2D eigenvalue weighted by atomic mass is 35.5. The summed E-state index contributed by atoms with van der Waals surface area (Å²) < 4.78 is 0. The van der Waals surface area contributed by atoms with Crippen molar-refractivity contribution in [2.45, 2.75) is 12.8 Å². The van der Waals surface area contributed by atoms with Crippen LogP contribution in [0.4, 0.5) is 4.79 Å². The first-order chi connectivity index (χ1) is 9.16. The molecule has 0 atom stereocenters. The van der Waals surface area contributed by atoms with Crippen molar-refractivity contribution in [3.05, 3.63) is 35.9 Å². The van der Waals surface area contributed by atoms with Crippen LogP contribution in [-0.4, -0.2) is 47.3 Å². The molecule has 19 heavy (non-hydrogen) atoms. The van der Waals surface area contributed by atoms with Crippen LogP contribution in [0.3, 0.4) is 0 Å². The monoisotopic (exact) mass is 280 g/mol. The van der Waals surface area contributed by atoms with Crippen LogP contribution in [0.15, 0.2) is 30.3 Å². The van der Waals surface area contributed by atoms with E-state index in [2.05, 4.69) is 0 Å². The summed E-state index contributed by atoms with van der Waals surface area (Å²) in [6.07, 6.45) is 1.27. The number of aryl methyl sites for hydroxylation is 1. The Morgan fingerprint density at radius 1 is 1.00 bits per heavy atom. The van der Waals surface area contributed by atoms with Gasteiger partial charge < -0.3 is 9.80 Å². The van der Waals surface area contributed by atoms with Crippen molar-refractivity contribution in [1.82, 2.24) is 9.80 Å². The summed E-state index contributed by atoms with van der Waals surface area (Å²) in [5.41, 5.74) is 1.17. The Bertz CT molecular complexity index is 442. The number of amides is 2. The van der Waals surface area contributed by atoms with Crippen molar-refractivity contribution in [2.24, 2.45) is 0 Å². The fraction of sp³-hybridized carbons (Fsp3) is 0.429. The average molecular weight is 281 g/mol. The van der Waals surface area contributed by atoms with Crippen LogP contribution in [0.2, 0.25) is 0 Å². The number of carbonyl (C=O) groups excluding carboxylic acids is 2. The third kappa shape index (κ3) is 3.96. The van der Waals surface area contributed by atoms with Gasteiger partial charge in [-0.1, -0.05) is 30.3 Å². The molecule has 1 aliphatic rings. The Kier molecular flexibility index (Phi) is 4.80. The zero-order valence-corrected chi connectivity index (χ0v) is 11.5. The van der Waals surface area contributed by atoms with Crippen molar-refractivity contribution in [2.75, 3.05) is 26.2 Å². The van der Waals surface area contributed by atoms with E-state index in [9.17, 15) is 9.59 Å². The Labute approximate surface area is 117 Å². The summed E-state index contributed by atoms with van der Waals surface area (Å²) in [6, 6.07) is 9.97. The molecule has 1 heterocycles. The number of nitrogens with zero attached hydrogens (tertiary/aromatic N) is 2. The van der Waals surface area contributed by atoms with Crippen molar-refractivity contribution >= 4 is 22.9 Å². The second kappa shape index (κ2) is 6.57. The fourth-order valence-electron chi connectivity index (χ4n) is 2.19. The lowest BCUT2D eigenvalue weighted by Crippen LogP contribution is -2.49. The Balaban J connectivity index is 1.77. The van der Waals surface area contributed by atoms with Gasteiger partial charge in [0, 0.05) is 32.6 Å². The number of benzene rings is 1. The van der Waals surface area contributed by atoms with Gasteiger partial charge in [0.05, 0.1) is 0 Å². The zero-order chi connectivity index (χ0) is 13.7. The second-order valence-corrected chi connectivity index (χ2v) is 4.93. The van der Waals surface area contributed by atoms with Crippen LogP contribution in [0, 0.1) is 0 Å². The van der Waals surface area contributed by atoms with E-state index in [1.165, 1.54) is 5.56 Å². The molecule has 1 aromatic carbocycles. The summed E-state index contributed by atoms with van der Waals surface area (Å²) in [7, 11) is 0. The third-order valence-electron chi connectivity index (χ3n) is 3.35. The molecule has 4 nitrogen and oxygen atoms in total. The minimum absolute atomic E-state index is 0.144. The Hall–Kier alpha value is -1.55. The quantitative estimate of drug-likeness (QED) is 0.629. The van der Waals surface area contributed by atoms with Gasteiger partial charge >= 0.3 is 5.37 Å². The van der Waals surface area contributed by atoms with Crippen LogP contribution >= 0.6 is 11.6 Å². The highest BCUT2D eigenvalue weighted by Gasteiger charge is 2.22. The number of hydrogen-bond acceptors (Lipinski definition) is 2. The molecule has 5 heteroatoms. The van der Waals surface area contributed by atoms with Crippen LogP contribution in [-0.2, 0) is 11.2 Å².